The smallest absolute Gasteiger partial charge is 0.0142 e. The maximum atomic E-state index is 2.42. The summed E-state index contributed by atoms with van der Waals surface area (Å²) in [4.78, 5) is 0. The first-order valence-corrected chi connectivity index (χ1v) is 12.6. The molecule has 2 aromatic rings. The minimum atomic E-state index is 0.246. The molecular weight excluding hydrogens is 432 g/mol. The molecule has 4 aliphatic carbocycles. The first kappa shape index (κ1) is 22.1. The van der Waals surface area contributed by atoms with Crippen molar-refractivity contribution in [1.82, 2.24) is 0 Å². The Morgan fingerprint density at radius 1 is 0.472 bits per heavy atom. The van der Waals surface area contributed by atoms with Crippen molar-refractivity contribution in [1.29, 1.82) is 0 Å². The average Bonchev–Trinajstić information content (AvgIpc) is 3.25. The first-order chi connectivity index (χ1) is 17.9. The van der Waals surface area contributed by atoms with Crippen LogP contribution in [0, 0.1) is 0 Å². The van der Waals surface area contributed by atoms with Crippen LogP contribution in [-0.4, -0.2) is 0 Å². The van der Waals surface area contributed by atoms with Gasteiger partial charge in [-0.25, -0.2) is 0 Å². The summed E-state index contributed by atoms with van der Waals surface area (Å²) in [6.07, 6.45) is 5.44. The molecular formula is C36H28. The molecule has 1 unspecified atom stereocenters. The molecule has 0 nitrogen and oxygen atoms in total. The molecule has 1 atom stereocenters. The summed E-state index contributed by atoms with van der Waals surface area (Å²) in [6, 6.07) is 50.3. The van der Waals surface area contributed by atoms with Crippen molar-refractivity contribution in [2.45, 2.75) is 12.3 Å². The van der Waals surface area contributed by atoms with Crippen LogP contribution in [0.25, 0.3) is 34.4 Å². The fraction of sp³-hybridized carbons (Fsp3) is 0.0556. The summed E-state index contributed by atoms with van der Waals surface area (Å²) in [5.74, 6) is 0.246. The van der Waals surface area contributed by atoms with Crippen LogP contribution in [0.5, 0.6) is 0 Å². The molecule has 0 N–H and O–H groups in total. The second kappa shape index (κ2) is 10.1. The number of fused-ring (bicyclic) bond motifs is 2. The molecule has 0 heteroatoms. The Morgan fingerprint density at radius 3 is 1.83 bits per heavy atom. The highest BCUT2D eigenvalue weighted by Gasteiger charge is 2.25. The van der Waals surface area contributed by atoms with E-state index in [2.05, 4.69) is 152 Å². The van der Waals surface area contributed by atoms with Gasteiger partial charge >= 0.3 is 0 Å². The summed E-state index contributed by atoms with van der Waals surface area (Å²) >= 11 is 0. The number of hydrogen-bond donors (Lipinski definition) is 0. The molecule has 0 heterocycles. The fourth-order valence-corrected chi connectivity index (χ4v) is 5.33. The summed E-state index contributed by atoms with van der Waals surface area (Å²) in [7, 11) is 0. The molecule has 0 aliphatic heterocycles. The van der Waals surface area contributed by atoms with Gasteiger partial charge in [-0.2, -0.15) is 0 Å². The lowest BCUT2D eigenvalue weighted by atomic mass is 9.84. The third-order valence-corrected chi connectivity index (χ3v) is 7.08. The third kappa shape index (κ3) is 4.46. The molecule has 0 spiro atoms. The highest BCUT2D eigenvalue weighted by molar-refractivity contribution is 5.87. The molecule has 0 saturated carbocycles. The molecule has 4 aliphatic rings. The van der Waals surface area contributed by atoms with Gasteiger partial charge in [0.25, 0.3) is 0 Å². The first-order valence-electron chi connectivity index (χ1n) is 12.6. The van der Waals surface area contributed by atoms with E-state index in [1.807, 2.05) is 0 Å². The number of rotatable bonds is 6. The summed E-state index contributed by atoms with van der Waals surface area (Å²) < 4.78 is 0. The molecule has 36 heavy (non-hydrogen) atoms. The van der Waals surface area contributed by atoms with E-state index in [0.29, 0.717) is 0 Å². The Morgan fingerprint density at radius 2 is 1.08 bits per heavy atom. The molecule has 172 valence electrons. The van der Waals surface area contributed by atoms with Crippen molar-refractivity contribution in [2.24, 2.45) is 0 Å². The molecule has 6 rings (SSSR count). The van der Waals surface area contributed by atoms with E-state index in [-0.39, 0.29) is 5.92 Å². The lowest BCUT2D eigenvalue weighted by Crippen LogP contribution is -2.05. The van der Waals surface area contributed by atoms with Crippen molar-refractivity contribution < 1.29 is 0 Å². The van der Waals surface area contributed by atoms with E-state index in [4.69, 9.17) is 0 Å². The highest BCUT2D eigenvalue weighted by Crippen LogP contribution is 2.44. The lowest BCUT2D eigenvalue weighted by Gasteiger charge is -2.19. The minimum absolute atomic E-state index is 0.246. The van der Waals surface area contributed by atoms with Gasteiger partial charge in [0.05, 0.1) is 0 Å². The zero-order valence-electron chi connectivity index (χ0n) is 20.2. The van der Waals surface area contributed by atoms with Gasteiger partial charge in [0.1, 0.15) is 0 Å². The summed E-state index contributed by atoms with van der Waals surface area (Å²) in [6.45, 7) is 0. The molecule has 2 aromatic carbocycles. The van der Waals surface area contributed by atoms with E-state index in [1.165, 1.54) is 50.1 Å². The van der Waals surface area contributed by atoms with E-state index in [9.17, 15) is 0 Å². The van der Waals surface area contributed by atoms with E-state index < -0.39 is 0 Å². The van der Waals surface area contributed by atoms with Crippen LogP contribution >= 0.6 is 0 Å². The van der Waals surface area contributed by atoms with Gasteiger partial charge in [0, 0.05) is 5.92 Å². The Labute approximate surface area is 213 Å². The average molecular weight is 461 g/mol. The van der Waals surface area contributed by atoms with Crippen LogP contribution in [0.4, 0.5) is 0 Å². The fourth-order valence-electron chi connectivity index (χ4n) is 5.33. The Bertz CT molecular complexity index is 1540. The Balaban J connectivity index is 1.52. The summed E-state index contributed by atoms with van der Waals surface area (Å²) in [5, 5.41) is 0. The predicted molar refractivity (Wildman–Crippen MR) is 153 cm³/mol. The zero-order chi connectivity index (χ0) is 24.2. The second-order valence-electron chi connectivity index (χ2n) is 9.35. The molecule has 0 aromatic heterocycles. The molecule has 0 fully saturated rings. The van der Waals surface area contributed by atoms with Crippen molar-refractivity contribution in [3.05, 3.63) is 167 Å². The third-order valence-electron chi connectivity index (χ3n) is 7.08. The second-order valence-corrected chi connectivity index (χ2v) is 9.35. The van der Waals surface area contributed by atoms with Crippen LogP contribution in [0.3, 0.4) is 0 Å². The van der Waals surface area contributed by atoms with Crippen LogP contribution in [0.1, 0.15) is 33.7 Å². The number of benzene rings is 2. The molecule has 0 amide bonds. The van der Waals surface area contributed by atoms with Gasteiger partial charge < -0.3 is 0 Å². The van der Waals surface area contributed by atoms with Crippen molar-refractivity contribution >= 4 is 12.2 Å². The van der Waals surface area contributed by atoms with E-state index in [1.54, 1.807) is 0 Å². The van der Waals surface area contributed by atoms with Crippen LogP contribution < -0.4 is 0 Å². The normalized spacial score (nSPS) is 12.3. The maximum Gasteiger partial charge on any atom is 0.0142 e. The van der Waals surface area contributed by atoms with E-state index in [0.717, 1.165) is 6.42 Å². The van der Waals surface area contributed by atoms with Crippen LogP contribution in [0.2, 0.25) is 0 Å². The SMILES string of the molecule is C(=Cc1cc(C(Cc2ccccc2)c2ccc3cccccc2-3)c2cccccc1-2)c1ccccc1. The maximum absolute atomic E-state index is 2.42. The zero-order valence-corrected chi connectivity index (χ0v) is 20.2. The minimum Gasteiger partial charge on any atom is -0.0622 e. The van der Waals surface area contributed by atoms with Gasteiger partial charge in [-0.15, -0.1) is 0 Å². The van der Waals surface area contributed by atoms with Crippen LogP contribution in [0.15, 0.2) is 140 Å². The van der Waals surface area contributed by atoms with E-state index >= 15 is 0 Å². The Kier molecular flexibility index (Phi) is 6.17. The van der Waals surface area contributed by atoms with Gasteiger partial charge in [-0.05, 0) is 62.6 Å². The Hall–Kier alpha value is -4.42. The molecule has 0 radical (unpaired) electrons. The number of hydrogen-bond acceptors (Lipinski definition) is 0. The monoisotopic (exact) mass is 460 g/mol. The highest BCUT2D eigenvalue weighted by atomic mass is 14.3. The molecule has 0 bridgehead atoms. The van der Waals surface area contributed by atoms with Crippen molar-refractivity contribution in [2.75, 3.05) is 0 Å². The topological polar surface area (TPSA) is 0 Å². The van der Waals surface area contributed by atoms with Crippen molar-refractivity contribution in [3.63, 3.8) is 0 Å². The standard InChI is InChI=1S/C36H28/c1-5-13-27(14-6-1)21-22-30-26-36(33-20-12-4-11-19-32(30)33)35(25-28-15-7-2-8-16-28)34-24-23-29-17-9-3-10-18-31(29)34/h1-24,26,35H,25H2. The largest absolute Gasteiger partial charge is 0.0622 e. The summed E-state index contributed by atoms with van der Waals surface area (Å²) in [5.41, 5.74) is 11.8. The predicted octanol–water partition coefficient (Wildman–Crippen LogP) is 9.44. The van der Waals surface area contributed by atoms with Gasteiger partial charge in [-0.3, -0.25) is 0 Å². The van der Waals surface area contributed by atoms with Gasteiger partial charge in [0.15, 0.2) is 0 Å². The quantitative estimate of drug-likeness (QED) is 0.232. The van der Waals surface area contributed by atoms with Gasteiger partial charge in [-0.1, -0.05) is 146 Å². The van der Waals surface area contributed by atoms with Gasteiger partial charge in [0.2, 0.25) is 0 Å². The molecule has 0 saturated heterocycles. The van der Waals surface area contributed by atoms with Crippen molar-refractivity contribution in [3.8, 4) is 22.3 Å². The lowest BCUT2D eigenvalue weighted by molar-refractivity contribution is 0.815. The van der Waals surface area contributed by atoms with Crippen LogP contribution in [-0.2, 0) is 6.42 Å².